The molecule has 5 heteroatoms. The molecule has 0 aromatic heterocycles. The summed E-state index contributed by atoms with van der Waals surface area (Å²) in [6, 6.07) is 12.5. The molecule has 0 spiro atoms. The second-order valence-electron chi connectivity index (χ2n) is 5.73. The Morgan fingerprint density at radius 1 is 1.17 bits per heavy atom. The Hall–Kier alpha value is -2.66. The smallest absolute Gasteiger partial charge is 0.335 e. The van der Waals surface area contributed by atoms with E-state index < -0.39 is 5.97 Å². The Balaban J connectivity index is 1.72. The first-order chi connectivity index (χ1) is 11.0. The number of carboxylic acid groups (broad SMARTS) is 1. The van der Waals surface area contributed by atoms with Crippen LogP contribution < -0.4 is 10.6 Å². The maximum Gasteiger partial charge on any atom is 0.335 e. The molecule has 0 saturated heterocycles. The number of carbonyl (C=O) groups excluding carboxylic acids is 1. The summed E-state index contributed by atoms with van der Waals surface area (Å²) in [6.45, 7) is 2.46. The highest BCUT2D eigenvalue weighted by Gasteiger charge is 2.24. The molecule has 1 heterocycles. The molecule has 3 rings (SSSR count). The van der Waals surface area contributed by atoms with Crippen LogP contribution in [0.5, 0.6) is 0 Å². The van der Waals surface area contributed by atoms with E-state index in [0.29, 0.717) is 18.7 Å². The van der Waals surface area contributed by atoms with Crippen LogP contribution in [0, 0.1) is 6.92 Å². The monoisotopic (exact) mass is 310 g/mol. The van der Waals surface area contributed by atoms with Gasteiger partial charge in [-0.05, 0) is 48.2 Å². The second-order valence-corrected chi connectivity index (χ2v) is 5.73. The van der Waals surface area contributed by atoms with Crippen molar-refractivity contribution in [3.63, 3.8) is 0 Å². The minimum atomic E-state index is -0.975. The minimum absolute atomic E-state index is 0.106. The van der Waals surface area contributed by atoms with Gasteiger partial charge < -0.3 is 15.7 Å². The number of hydrogen-bond donors (Lipinski definition) is 3. The van der Waals surface area contributed by atoms with Crippen LogP contribution in [-0.4, -0.2) is 23.0 Å². The van der Waals surface area contributed by atoms with Gasteiger partial charge in [-0.2, -0.15) is 0 Å². The van der Waals surface area contributed by atoms with Gasteiger partial charge in [0.15, 0.2) is 0 Å². The van der Waals surface area contributed by atoms with Gasteiger partial charge in [-0.1, -0.05) is 24.3 Å². The Kier molecular flexibility index (Phi) is 4.12. The summed E-state index contributed by atoms with van der Waals surface area (Å²) in [6.07, 6.45) is 0.647. The minimum Gasteiger partial charge on any atom is -0.478 e. The number of anilines is 1. The van der Waals surface area contributed by atoms with Crippen LogP contribution in [0.25, 0.3) is 0 Å². The van der Waals surface area contributed by atoms with Gasteiger partial charge in [-0.3, -0.25) is 4.79 Å². The summed E-state index contributed by atoms with van der Waals surface area (Å²) in [4.78, 5) is 23.4. The standard InChI is InChI=1S/C18H18N2O3/c1-11-8-13(18(22)23)6-7-15(11)20-17(21)16-9-12-4-2-3-5-14(12)10-19-16/h2-8,16,19H,9-10H2,1H3,(H,20,21)(H,22,23). The molecule has 0 fully saturated rings. The Morgan fingerprint density at radius 3 is 2.61 bits per heavy atom. The first kappa shape index (κ1) is 15.2. The fourth-order valence-electron chi connectivity index (χ4n) is 2.80. The van der Waals surface area contributed by atoms with Crippen molar-refractivity contribution < 1.29 is 14.7 Å². The third-order valence-electron chi connectivity index (χ3n) is 4.13. The average Bonchev–Trinajstić information content (AvgIpc) is 2.56. The zero-order chi connectivity index (χ0) is 16.4. The van der Waals surface area contributed by atoms with E-state index in [1.807, 2.05) is 18.2 Å². The normalized spacial score (nSPS) is 16.5. The van der Waals surface area contributed by atoms with Gasteiger partial charge in [-0.15, -0.1) is 0 Å². The van der Waals surface area contributed by atoms with E-state index in [2.05, 4.69) is 16.7 Å². The molecule has 2 aromatic carbocycles. The van der Waals surface area contributed by atoms with Gasteiger partial charge in [0.05, 0.1) is 11.6 Å². The molecule has 1 atom stereocenters. The summed E-state index contributed by atoms with van der Waals surface area (Å²) in [5, 5.41) is 15.1. The first-order valence-electron chi connectivity index (χ1n) is 7.49. The van der Waals surface area contributed by atoms with Crippen molar-refractivity contribution in [3.8, 4) is 0 Å². The zero-order valence-corrected chi connectivity index (χ0v) is 12.8. The van der Waals surface area contributed by atoms with Crippen LogP contribution in [0.2, 0.25) is 0 Å². The molecular weight excluding hydrogens is 292 g/mol. The fourth-order valence-corrected chi connectivity index (χ4v) is 2.80. The number of nitrogens with one attached hydrogen (secondary N) is 2. The summed E-state index contributed by atoms with van der Waals surface area (Å²) < 4.78 is 0. The molecule has 1 amide bonds. The van der Waals surface area contributed by atoms with Crippen LogP contribution >= 0.6 is 0 Å². The van der Waals surface area contributed by atoms with Crippen molar-refractivity contribution in [2.45, 2.75) is 25.9 Å². The molecule has 23 heavy (non-hydrogen) atoms. The van der Waals surface area contributed by atoms with Crippen LogP contribution in [0.4, 0.5) is 5.69 Å². The average molecular weight is 310 g/mol. The van der Waals surface area contributed by atoms with Gasteiger partial charge in [0.25, 0.3) is 0 Å². The predicted octanol–water partition coefficient (Wildman–Crippen LogP) is 2.35. The fraction of sp³-hybridized carbons (Fsp3) is 0.222. The number of rotatable bonds is 3. The molecule has 118 valence electrons. The molecular formula is C18H18N2O3. The van der Waals surface area contributed by atoms with Crippen molar-refractivity contribution >= 4 is 17.6 Å². The lowest BCUT2D eigenvalue weighted by Crippen LogP contribution is -2.44. The van der Waals surface area contributed by atoms with Crippen molar-refractivity contribution in [1.29, 1.82) is 0 Å². The van der Waals surface area contributed by atoms with Gasteiger partial charge in [0.2, 0.25) is 5.91 Å². The lowest BCUT2D eigenvalue weighted by Gasteiger charge is -2.25. The zero-order valence-electron chi connectivity index (χ0n) is 12.8. The molecule has 2 aromatic rings. The number of amides is 1. The lowest BCUT2D eigenvalue weighted by molar-refractivity contribution is -0.118. The SMILES string of the molecule is Cc1cc(C(=O)O)ccc1NC(=O)C1Cc2ccccc2CN1. The highest BCUT2D eigenvalue weighted by Crippen LogP contribution is 2.20. The van der Waals surface area contributed by atoms with Gasteiger partial charge in [0, 0.05) is 12.2 Å². The number of carbonyl (C=O) groups is 2. The number of fused-ring (bicyclic) bond motifs is 1. The summed E-state index contributed by atoms with van der Waals surface area (Å²) in [7, 11) is 0. The van der Waals surface area contributed by atoms with E-state index in [4.69, 9.17) is 5.11 Å². The maximum absolute atomic E-state index is 12.5. The molecule has 1 aliphatic heterocycles. The number of aryl methyl sites for hydroxylation is 1. The van der Waals surface area contributed by atoms with E-state index in [-0.39, 0.29) is 17.5 Å². The van der Waals surface area contributed by atoms with Crippen molar-refractivity contribution in [2.75, 3.05) is 5.32 Å². The Labute approximate surface area is 134 Å². The molecule has 0 saturated carbocycles. The third kappa shape index (κ3) is 3.24. The van der Waals surface area contributed by atoms with Gasteiger partial charge >= 0.3 is 5.97 Å². The highest BCUT2D eigenvalue weighted by atomic mass is 16.4. The largest absolute Gasteiger partial charge is 0.478 e. The van der Waals surface area contributed by atoms with Crippen LogP contribution in [0.3, 0.4) is 0 Å². The molecule has 0 radical (unpaired) electrons. The Bertz CT molecular complexity index is 771. The molecule has 0 aliphatic carbocycles. The quantitative estimate of drug-likeness (QED) is 0.813. The van der Waals surface area contributed by atoms with E-state index >= 15 is 0 Å². The van der Waals surface area contributed by atoms with Crippen LogP contribution in [-0.2, 0) is 17.8 Å². The molecule has 3 N–H and O–H groups in total. The molecule has 1 unspecified atom stereocenters. The number of carboxylic acids is 1. The first-order valence-corrected chi connectivity index (χ1v) is 7.49. The predicted molar refractivity (Wildman–Crippen MR) is 87.5 cm³/mol. The van der Waals surface area contributed by atoms with Crippen LogP contribution in [0.1, 0.15) is 27.0 Å². The van der Waals surface area contributed by atoms with Crippen molar-refractivity contribution in [3.05, 3.63) is 64.7 Å². The van der Waals surface area contributed by atoms with Crippen molar-refractivity contribution in [1.82, 2.24) is 5.32 Å². The van der Waals surface area contributed by atoms with Crippen LogP contribution in [0.15, 0.2) is 42.5 Å². The highest BCUT2D eigenvalue weighted by molar-refractivity contribution is 5.96. The van der Waals surface area contributed by atoms with E-state index in [9.17, 15) is 9.59 Å². The topological polar surface area (TPSA) is 78.4 Å². The lowest BCUT2D eigenvalue weighted by atomic mass is 9.95. The maximum atomic E-state index is 12.5. The summed E-state index contributed by atoms with van der Waals surface area (Å²) in [5.74, 6) is -1.08. The Morgan fingerprint density at radius 2 is 1.91 bits per heavy atom. The van der Waals surface area contributed by atoms with Gasteiger partial charge in [0.1, 0.15) is 0 Å². The molecule has 1 aliphatic rings. The number of hydrogen-bond acceptors (Lipinski definition) is 3. The summed E-state index contributed by atoms with van der Waals surface area (Å²) >= 11 is 0. The summed E-state index contributed by atoms with van der Waals surface area (Å²) in [5.41, 5.74) is 3.99. The number of benzene rings is 2. The number of aromatic carboxylic acids is 1. The molecule has 0 bridgehead atoms. The van der Waals surface area contributed by atoms with E-state index in [1.165, 1.54) is 17.2 Å². The van der Waals surface area contributed by atoms with E-state index in [1.54, 1.807) is 19.1 Å². The molecule has 5 nitrogen and oxygen atoms in total. The third-order valence-corrected chi connectivity index (χ3v) is 4.13. The van der Waals surface area contributed by atoms with E-state index in [0.717, 1.165) is 5.56 Å². The van der Waals surface area contributed by atoms with Crippen molar-refractivity contribution in [2.24, 2.45) is 0 Å². The second kappa shape index (κ2) is 6.22. The van der Waals surface area contributed by atoms with Gasteiger partial charge in [-0.25, -0.2) is 4.79 Å².